The Hall–Kier alpha value is -4.44. The topological polar surface area (TPSA) is 108 Å². The van der Waals surface area contributed by atoms with Crippen molar-refractivity contribution in [2.24, 2.45) is 0 Å². The van der Waals surface area contributed by atoms with Crippen molar-refractivity contribution in [2.45, 2.75) is 38.5 Å². The zero-order valence-corrected chi connectivity index (χ0v) is 21.6. The molecule has 3 aromatic carbocycles. The standard InChI is InChI=1S/C29H29N5O5/c1-19-8-10-20(11-9-19)28(29(36)30-16-22-5-4-14-37-22)34(21-12-13-25-26(15-21)39-18-38-25)27(35)17-33-24-7-3-2-6-23(24)31-32-33/h2-3,6-13,15,22,28H,4-5,14,16-18H2,1H3,(H,30,36). The molecule has 0 saturated carbocycles. The molecule has 10 nitrogen and oxygen atoms in total. The number of hydrogen-bond donors (Lipinski definition) is 1. The number of ether oxygens (including phenoxy) is 3. The van der Waals surface area contributed by atoms with Crippen molar-refractivity contribution in [1.29, 1.82) is 0 Å². The summed E-state index contributed by atoms with van der Waals surface area (Å²) in [6.07, 6.45) is 1.82. The molecule has 2 aliphatic heterocycles. The van der Waals surface area contributed by atoms with Crippen LogP contribution >= 0.6 is 0 Å². The molecular weight excluding hydrogens is 498 g/mol. The smallest absolute Gasteiger partial charge is 0.249 e. The molecule has 3 heterocycles. The van der Waals surface area contributed by atoms with Crippen LogP contribution < -0.4 is 19.7 Å². The number of rotatable bonds is 8. The number of fused-ring (bicyclic) bond motifs is 2. The predicted molar refractivity (Wildman–Crippen MR) is 143 cm³/mol. The number of anilines is 1. The highest BCUT2D eigenvalue weighted by molar-refractivity contribution is 6.01. The first kappa shape index (κ1) is 24.9. The summed E-state index contributed by atoms with van der Waals surface area (Å²) in [6.45, 7) is 3.03. The molecule has 0 aliphatic carbocycles. The van der Waals surface area contributed by atoms with Crippen molar-refractivity contribution < 1.29 is 23.8 Å². The summed E-state index contributed by atoms with van der Waals surface area (Å²) in [5, 5.41) is 11.4. The van der Waals surface area contributed by atoms with Gasteiger partial charge >= 0.3 is 0 Å². The van der Waals surface area contributed by atoms with E-state index in [4.69, 9.17) is 14.2 Å². The molecule has 4 aromatic rings. The first-order valence-electron chi connectivity index (χ1n) is 13.0. The fraction of sp³-hybridized carbons (Fsp3) is 0.310. The maximum absolute atomic E-state index is 14.2. The van der Waals surface area contributed by atoms with Gasteiger partial charge in [-0.3, -0.25) is 14.5 Å². The van der Waals surface area contributed by atoms with Crippen LogP contribution in [0.4, 0.5) is 5.69 Å². The third-order valence-electron chi connectivity index (χ3n) is 7.04. The minimum absolute atomic E-state index is 0.0381. The van der Waals surface area contributed by atoms with Crippen molar-refractivity contribution in [3.63, 3.8) is 0 Å². The second kappa shape index (κ2) is 10.7. The number of nitrogens with zero attached hydrogens (tertiary/aromatic N) is 4. The Kier molecular flexibility index (Phi) is 6.85. The van der Waals surface area contributed by atoms with Crippen molar-refractivity contribution >= 4 is 28.5 Å². The highest BCUT2D eigenvalue weighted by Crippen LogP contribution is 2.38. The van der Waals surface area contributed by atoms with Crippen molar-refractivity contribution in [2.75, 3.05) is 24.8 Å². The highest BCUT2D eigenvalue weighted by Gasteiger charge is 2.34. The van der Waals surface area contributed by atoms with Gasteiger partial charge in [0.25, 0.3) is 0 Å². The van der Waals surface area contributed by atoms with E-state index in [1.54, 1.807) is 22.9 Å². The van der Waals surface area contributed by atoms with Crippen LogP contribution in [-0.2, 0) is 20.9 Å². The van der Waals surface area contributed by atoms with Gasteiger partial charge in [0.05, 0.1) is 11.6 Å². The molecule has 1 aromatic heterocycles. The van der Waals surface area contributed by atoms with Gasteiger partial charge in [-0.05, 0) is 49.6 Å². The Balaban J connectivity index is 1.40. The van der Waals surface area contributed by atoms with Crippen LogP contribution in [0, 0.1) is 6.92 Å². The monoisotopic (exact) mass is 527 g/mol. The lowest BCUT2D eigenvalue weighted by Crippen LogP contribution is -2.46. The molecule has 10 heteroatoms. The van der Waals surface area contributed by atoms with Crippen molar-refractivity contribution in [1.82, 2.24) is 20.3 Å². The summed E-state index contributed by atoms with van der Waals surface area (Å²) < 4.78 is 18.4. The van der Waals surface area contributed by atoms with Gasteiger partial charge in [0.2, 0.25) is 18.6 Å². The summed E-state index contributed by atoms with van der Waals surface area (Å²) in [5.41, 5.74) is 3.65. The number of carbonyl (C=O) groups excluding carboxylic acids is 2. The third kappa shape index (κ3) is 5.15. The lowest BCUT2D eigenvalue weighted by molar-refractivity contribution is -0.127. The van der Waals surface area contributed by atoms with Gasteiger partial charge in [0.1, 0.15) is 18.1 Å². The summed E-state index contributed by atoms with van der Waals surface area (Å²) in [5.74, 6) is 0.466. The molecule has 0 spiro atoms. The zero-order chi connectivity index (χ0) is 26.8. The summed E-state index contributed by atoms with van der Waals surface area (Å²) in [7, 11) is 0. The summed E-state index contributed by atoms with van der Waals surface area (Å²) in [4.78, 5) is 29.6. The Morgan fingerprint density at radius 3 is 2.72 bits per heavy atom. The molecule has 2 unspecified atom stereocenters. The number of nitrogens with one attached hydrogen (secondary N) is 1. The number of carbonyl (C=O) groups is 2. The molecule has 39 heavy (non-hydrogen) atoms. The normalized spacial score (nSPS) is 16.8. The van der Waals surface area contributed by atoms with Crippen LogP contribution in [0.15, 0.2) is 66.7 Å². The number of para-hydroxylation sites is 1. The van der Waals surface area contributed by atoms with Crippen LogP contribution in [-0.4, -0.2) is 52.9 Å². The average molecular weight is 528 g/mol. The number of aromatic nitrogens is 3. The van der Waals surface area contributed by atoms with Crippen molar-refractivity contribution in [3.8, 4) is 11.5 Å². The van der Waals surface area contributed by atoms with Crippen LogP contribution in [0.1, 0.15) is 30.0 Å². The molecule has 200 valence electrons. The van der Waals surface area contributed by atoms with Gasteiger partial charge in [-0.15, -0.1) is 5.10 Å². The lowest BCUT2D eigenvalue weighted by atomic mass is 10.0. The van der Waals surface area contributed by atoms with E-state index < -0.39 is 6.04 Å². The fourth-order valence-corrected chi connectivity index (χ4v) is 4.99. The molecule has 0 bridgehead atoms. The molecule has 1 N–H and O–H groups in total. The van der Waals surface area contributed by atoms with E-state index in [1.807, 2.05) is 55.5 Å². The number of aryl methyl sites for hydroxylation is 1. The number of hydrogen-bond acceptors (Lipinski definition) is 7. The van der Waals surface area contributed by atoms with Gasteiger partial charge in [0, 0.05) is 24.9 Å². The molecule has 1 saturated heterocycles. The second-order valence-corrected chi connectivity index (χ2v) is 9.73. The van der Waals surface area contributed by atoms with Gasteiger partial charge < -0.3 is 19.5 Å². The quantitative estimate of drug-likeness (QED) is 0.373. The fourth-order valence-electron chi connectivity index (χ4n) is 4.99. The maximum atomic E-state index is 14.2. The van der Waals surface area contributed by atoms with E-state index >= 15 is 0 Å². The van der Waals surface area contributed by atoms with Crippen LogP contribution in [0.5, 0.6) is 11.5 Å². The minimum Gasteiger partial charge on any atom is -0.454 e. The van der Waals surface area contributed by atoms with Crippen LogP contribution in [0.3, 0.4) is 0 Å². The first-order chi connectivity index (χ1) is 19.1. The maximum Gasteiger partial charge on any atom is 0.249 e. The number of amides is 2. The third-order valence-corrected chi connectivity index (χ3v) is 7.04. The van der Waals surface area contributed by atoms with Crippen molar-refractivity contribution in [3.05, 3.63) is 77.9 Å². The average Bonchev–Trinajstić information content (AvgIpc) is 3.72. The van der Waals surface area contributed by atoms with E-state index in [0.717, 1.165) is 23.9 Å². The van der Waals surface area contributed by atoms with E-state index in [0.29, 0.717) is 41.4 Å². The van der Waals surface area contributed by atoms with E-state index in [1.165, 1.54) is 4.90 Å². The van der Waals surface area contributed by atoms with Gasteiger partial charge in [0.15, 0.2) is 11.5 Å². The highest BCUT2D eigenvalue weighted by atomic mass is 16.7. The minimum atomic E-state index is -0.949. The van der Waals surface area contributed by atoms with E-state index in [2.05, 4.69) is 15.6 Å². The Morgan fingerprint density at radius 1 is 1.08 bits per heavy atom. The second-order valence-electron chi connectivity index (χ2n) is 9.73. The number of benzene rings is 3. The van der Waals surface area contributed by atoms with Crippen LogP contribution in [0.2, 0.25) is 0 Å². The van der Waals surface area contributed by atoms with Gasteiger partial charge in [-0.2, -0.15) is 0 Å². The molecular formula is C29H29N5O5. The van der Waals surface area contributed by atoms with Crippen LogP contribution in [0.25, 0.3) is 11.0 Å². The lowest BCUT2D eigenvalue weighted by Gasteiger charge is -2.32. The predicted octanol–water partition coefficient (Wildman–Crippen LogP) is 3.54. The summed E-state index contributed by atoms with van der Waals surface area (Å²) >= 11 is 0. The van der Waals surface area contributed by atoms with Gasteiger partial charge in [-0.1, -0.05) is 47.2 Å². The van der Waals surface area contributed by atoms with E-state index in [9.17, 15) is 9.59 Å². The molecule has 1 fully saturated rings. The largest absolute Gasteiger partial charge is 0.454 e. The van der Waals surface area contributed by atoms with Gasteiger partial charge in [-0.25, -0.2) is 4.68 Å². The summed E-state index contributed by atoms with van der Waals surface area (Å²) in [6, 6.07) is 19.4. The molecule has 0 radical (unpaired) electrons. The molecule has 2 amide bonds. The Labute approximate surface area is 225 Å². The first-order valence-corrected chi connectivity index (χ1v) is 13.0. The molecule has 2 atom stereocenters. The Bertz CT molecular complexity index is 1500. The zero-order valence-electron chi connectivity index (χ0n) is 21.6. The molecule has 2 aliphatic rings. The Morgan fingerprint density at radius 2 is 1.90 bits per heavy atom. The van der Waals surface area contributed by atoms with E-state index in [-0.39, 0.29) is 31.3 Å². The molecule has 6 rings (SSSR count). The SMILES string of the molecule is Cc1ccc(C(C(=O)NCC2CCCO2)N(C(=O)Cn2nnc3ccccc32)c2ccc3c(c2)OCO3)cc1.